The Morgan fingerprint density at radius 3 is 2.47 bits per heavy atom. The van der Waals surface area contributed by atoms with Crippen LogP contribution in [0.2, 0.25) is 0 Å². The molecule has 1 heterocycles. The van der Waals surface area contributed by atoms with E-state index in [2.05, 4.69) is 11.8 Å². The summed E-state index contributed by atoms with van der Waals surface area (Å²) in [5.41, 5.74) is -4.31. The van der Waals surface area contributed by atoms with Crippen LogP contribution in [0.15, 0.2) is 0 Å². The second kappa shape index (κ2) is 6.66. The molecule has 6 fully saturated rings. The molecule has 5 aliphatic carbocycles. The third kappa shape index (κ3) is 1.99. The highest BCUT2D eigenvalue weighted by Crippen LogP contribution is 2.80. The summed E-state index contributed by atoms with van der Waals surface area (Å²) in [7, 11) is 5.04. The van der Waals surface area contributed by atoms with E-state index in [1.807, 2.05) is 0 Å². The van der Waals surface area contributed by atoms with Crippen LogP contribution < -0.4 is 0 Å². The number of aliphatic hydroxyl groups excluding tert-OH is 2. The maximum Gasteiger partial charge on any atom is 0.136 e. The summed E-state index contributed by atoms with van der Waals surface area (Å²) in [6, 6.07) is -0.442. The molecule has 6 rings (SSSR count). The number of aliphatic hydroxyl groups is 4. The lowest BCUT2D eigenvalue weighted by atomic mass is 9.42. The standard InChI is InChI=1S/C24H39NO7/c1-5-25-10-21(11-30-2)7-6-15(32-4)23-13-8-12-14(31-3)9-22(28,16(13)17(12)26)24(29,20(23)25)19(27)18(21)23/h12-20,26-29H,5-11H2,1-4H3. The topological polar surface area (TPSA) is 112 Å². The molecule has 5 saturated carbocycles. The van der Waals surface area contributed by atoms with E-state index in [4.69, 9.17) is 14.2 Å². The minimum absolute atomic E-state index is 0.0732. The molecule has 0 aromatic heterocycles. The van der Waals surface area contributed by atoms with E-state index >= 15 is 0 Å². The van der Waals surface area contributed by atoms with Crippen molar-refractivity contribution in [2.24, 2.45) is 34.5 Å². The molecular formula is C24H39NO7. The molecule has 1 saturated heterocycles. The van der Waals surface area contributed by atoms with E-state index in [0.717, 1.165) is 19.4 Å². The number of hydrogen-bond donors (Lipinski definition) is 4. The van der Waals surface area contributed by atoms with Crippen molar-refractivity contribution in [1.29, 1.82) is 0 Å². The van der Waals surface area contributed by atoms with E-state index in [1.165, 1.54) is 0 Å². The summed E-state index contributed by atoms with van der Waals surface area (Å²) in [5, 5.41) is 48.5. The van der Waals surface area contributed by atoms with Gasteiger partial charge in [0.25, 0.3) is 0 Å². The molecule has 7 bridgehead atoms. The predicted octanol–water partition coefficient (Wildman–Crippen LogP) is -0.383. The number of likely N-dealkylation sites (tertiary alicyclic amines) is 1. The highest BCUT2D eigenvalue weighted by atomic mass is 16.5. The van der Waals surface area contributed by atoms with E-state index in [9.17, 15) is 20.4 Å². The van der Waals surface area contributed by atoms with Gasteiger partial charge in [0.05, 0.1) is 37.1 Å². The van der Waals surface area contributed by atoms with Gasteiger partial charge in [-0.15, -0.1) is 0 Å². The van der Waals surface area contributed by atoms with Gasteiger partial charge in [-0.1, -0.05) is 6.92 Å². The molecule has 1 spiro atoms. The molecule has 0 amide bonds. The van der Waals surface area contributed by atoms with Crippen LogP contribution in [0.1, 0.15) is 32.6 Å². The van der Waals surface area contributed by atoms with Gasteiger partial charge in [0, 0.05) is 62.9 Å². The van der Waals surface area contributed by atoms with E-state index in [1.54, 1.807) is 21.3 Å². The molecule has 6 aliphatic rings. The lowest BCUT2D eigenvalue weighted by molar-refractivity contribution is -0.318. The molecule has 32 heavy (non-hydrogen) atoms. The molecule has 13 atom stereocenters. The largest absolute Gasteiger partial charge is 0.392 e. The van der Waals surface area contributed by atoms with E-state index in [0.29, 0.717) is 19.6 Å². The minimum atomic E-state index is -1.78. The van der Waals surface area contributed by atoms with Gasteiger partial charge in [-0.05, 0) is 31.7 Å². The number of hydrogen-bond acceptors (Lipinski definition) is 8. The van der Waals surface area contributed by atoms with Crippen molar-refractivity contribution in [3.63, 3.8) is 0 Å². The Bertz CT molecular complexity index is 798. The third-order valence-electron chi connectivity index (χ3n) is 11.3. The Morgan fingerprint density at radius 1 is 1.09 bits per heavy atom. The summed E-state index contributed by atoms with van der Waals surface area (Å²) in [6.07, 6.45) is 0.177. The number of likely N-dealkylation sites (N-methyl/N-ethyl adjacent to an activating group) is 1. The fourth-order valence-corrected chi connectivity index (χ4v) is 10.7. The van der Waals surface area contributed by atoms with Gasteiger partial charge in [-0.3, -0.25) is 4.90 Å². The predicted molar refractivity (Wildman–Crippen MR) is 114 cm³/mol. The van der Waals surface area contributed by atoms with Crippen LogP contribution >= 0.6 is 0 Å². The van der Waals surface area contributed by atoms with Crippen molar-refractivity contribution < 1.29 is 34.6 Å². The summed E-state index contributed by atoms with van der Waals surface area (Å²) < 4.78 is 17.7. The third-order valence-corrected chi connectivity index (χ3v) is 11.3. The number of rotatable bonds is 5. The first kappa shape index (κ1) is 22.2. The molecule has 4 N–H and O–H groups in total. The fourth-order valence-electron chi connectivity index (χ4n) is 10.7. The van der Waals surface area contributed by atoms with Crippen LogP contribution in [0.4, 0.5) is 0 Å². The molecule has 0 aromatic rings. The maximum absolute atomic E-state index is 12.6. The zero-order valence-corrected chi connectivity index (χ0v) is 19.6. The summed E-state index contributed by atoms with van der Waals surface area (Å²) >= 11 is 0. The maximum atomic E-state index is 12.6. The lowest BCUT2D eigenvalue weighted by Gasteiger charge is -2.70. The van der Waals surface area contributed by atoms with Gasteiger partial charge in [0.1, 0.15) is 11.2 Å². The molecule has 8 nitrogen and oxygen atoms in total. The molecular weight excluding hydrogens is 414 g/mol. The molecule has 1 aliphatic heterocycles. The van der Waals surface area contributed by atoms with Crippen molar-refractivity contribution in [3.8, 4) is 0 Å². The van der Waals surface area contributed by atoms with Crippen LogP contribution in [-0.2, 0) is 14.2 Å². The molecule has 13 unspecified atom stereocenters. The summed E-state index contributed by atoms with van der Waals surface area (Å²) in [6.45, 7) is 3.99. The lowest BCUT2D eigenvalue weighted by Crippen LogP contribution is -2.82. The SMILES string of the molecule is CCN1CC2(COC)CCC(OC)C34C5CC6C(OC)CC(O)(C5C6O)C(O)(C(O)C23)C14. The smallest absolute Gasteiger partial charge is 0.136 e. The van der Waals surface area contributed by atoms with Gasteiger partial charge < -0.3 is 34.6 Å². The van der Waals surface area contributed by atoms with Gasteiger partial charge in [-0.25, -0.2) is 0 Å². The van der Waals surface area contributed by atoms with Gasteiger partial charge >= 0.3 is 0 Å². The highest BCUT2D eigenvalue weighted by molar-refractivity contribution is 5.41. The van der Waals surface area contributed by atoms with Crippen LogP contribution in [0.3, 0.4) is 0 Å². The van der Waals surface area contributed by atoms with Gasteiger partial charge in [0.15, 0.2) is 0 Å². The summed E-state index contributed by atoms with van der Waals surface area (Å²) in [4.78, 5) is 2.28. The number of ether oxygens (including phenoxy) is 3. The van der Waals surface area contributed by atoms with Crippen molar-refractivity contribution in [2.75, 3.05) is 41.0 Å². The van der Waals surface area contributed by atoms with Crippen molar-refractivity contribution in [1.82, 2.24) is 4.90 Å². The Balaban J connectivity index is 1.66. The van der Waals surface area contributed by atoms with Crippen LogP contribution in [0.5, 0.6) is 0 Å². The molecule has 0 aromatic carbocycles. The number of nitrogens with zero attached hydrogens (tertiary/aromatic N) is 1. The normalized spacial score (nSPS) is 62.4. The second-order valence-corrected chi connectivity index (χ2v) is 11.7. The number of fused-ring (bicyclic) bond motifs is 2. The van der Waals surface area contributed by atoms with Crippen molar-refractivity contribution in [2.45, 2.75) is 74.3 Å². The Labute approximate surface area is 189 Å². The average molecular weight is 454 g/mol. The Hall–Kier alpha value is -0.320. The number of methoxy groups -OCH3 is 3. The first-order valence-electron chi connectivity index (χ1n) is 12.3. The molecule has 8 heteroatoms. The first-order chi connectivity index (χ1) is 15.2. The number of piperidine rings is 1. The molecule has 0 radical (unpaired) electrons. The zero-order valence-electron chi connectivity index (χ0n) is 19.6. The zero-order chi connectivity index (χ0) is 22.8. The van der Waals surface area contributed by atoms with Crippen LogP contribution in [0.25, 0.3) is 0 Å². The fraction of sp³-hybridized carbons (Fsp3) is 1.00. The quantitative estimate of drug-likeness (QED) is 0.446. The minimum Gasteiger partial charge on any atom is -0.392 e. The monoisotopic (exact) mass is 453 g/mol. The second-order valence-electron chi connectivity index (χ2n) is 11.7. The first-order valence-corrected chi connectivity index (χ1v) is 12.3. The molecule has 182 valence electrons. The van der Waals surface area contributed by atoms with Crippen LogP contribution in [0, 0.1) is 34.5 Å². The van der Waals surface area contributed by atoms with Gasteiger partial charge in [0.2, 0.25) is 0 Å². The van der Waals surface area contributed by atoms with Crippen molar-refractivity contribution >= 4 is 0 Å². The van der Waals surface area contributed by atoms with Crippen LogP contribution in [-0.4, -0.2) is 108 Å². The summed E-state index contributed by atoms with van der Waals surface area (Å²) in [5.74, 6) is -0.932. The van der Waals surface area contributed by atoms with Crippen molar-refractivity contribution in [3.05, 3.63) is 0 Å². The average Bonchev–Trinajstić information content (AvgIpc) is 3.12. The van der Waals surface area contributed by atoms with E-state index < -0.39 is 40.8 Å². The Morgan fingerprint density at radius 2 is 1.84 bits per heavy atom. The highest BCUT2D eigenvalue weighted by Gasteiger charge is 2.91. The van der Waals surface area contributed by atoms with Gasteiger partial charge in [-0.2, -0.15) is 0 Å². The Kier molecular flexibility index (Phi) is 4.62. The van der Waals surface area contributed by atoms with E-state index in [-0.39, 0.29) is 41.8 Å².